The van der Waals surface area contributed by atoms with Gasteiger partial charge in [0.15, 0.2) is 0 Å². The first kappa shape index (κ1) is 5.79. The number of hydrogen-bond acceptors (Lipinski definition) is 2. The lowest BCUT2D eigenvalue weighted by Gasteiger charge is -2.04. The molecule has 0 unspecified atom stereocenters. The Kier molecular flexibility index (Phi) is 2.35. The Bertz CT molecular complexity index is 51.7. The number of thioether (sulfide) groups is 1. The minimum atomic E-state index is -0.211. The quantitative estimate of drug-likeness (QED) is 0.499. The number of rotatable bonds is 0. The summed E-state index contributed by atoms with van der Waals surface area (Å²) in [4.78, 5) is 0. The Labute approximate surface area is 51.0 Å². The fourth-order valence-electron chi connectivity index (χ4n) is 0.514. The van der Waals surface area contributed by atoms with Crippen LogP contribution in [-0.4, -0.2) is 27.6 Å². The highest BCUT2D eigenvalue weighted by atomic mass is 32.2. The topological polar surface area (TPSA) is 20.2 Å². The Morgan fingerprint density at radius 2 is 1.86 bits per heavy atom. The molecule has 7 heavy (non-hydrogen) atoms. The van der Waals surface area contributed by atoms with Crippen LogP contribution in [0.15, 0.2) is 0 Å². The van der Waals surface area contributed by atoms with Gasteiger partial charge in [-0.2, -0.15) is 16.3 Å². The van der Waals surface area contributed by atoms with E-state index in [1.54, 1.807) is 0 Å². The summed E-state index contributed by atoms with van der Waals surface area (Å²) in [5, 5.41) is 0. The van der Waals surface area contributed by atoms with Crippen LogP contribution in [0.4, 0.5) is 0 Å². The molecule has 0 radical (unpaired) electrons. The van der Waals surface area contributed by atoms with E-state index in [2.05, 4.69) is 0 Å². The van der Waals surface area contributed by atoms with Crippen LogP contribution in [0, 0.1) is 0 Å². The molecule has 0 amide bonds. The van der Waals surface area contributed by atoms with Crippen molar-refractivity contribution in [1.29, 1.82) is 0 Å². The van der Waals surface area contributed by atoms with Crippen LogP contribution in [0.3, 0.4) is 0 Å². The highest BCUT2D eigenvalue weighted by Gasteiger charge is 2.18. The van der Waals surface area contributed by atoms with E-state index in [1.165, 1.54) is 11.5 Å². The lowest BCUT2D eigenvalue weighted by atomic mass is 10.9. The second-order valence-electron chi connectivity index (χ2n) is 1.48. The van der Waals surface area contributed by atoms with Gasteiger partial charge in [0.1, 0.15) is 22.7 Å². The summed E-state index contributed by atoms with van der Waals surface area (Å²) >= 11 is 1.73. The van der Waals surface area contributed by atoms with Crippen molar-refractivity contribution >= 4 is 22.9 Å². The van der Waals surface area contributed by atoms with Gasteiger partial charge in [-0.05, 0) is 0 Å². The molecule has 1 aliphatic rings. The van der Waals surface area contributed by atoms with Crippen molar-refractivity contribution in [2.45, 2.75) is 0 Å². The largest absolute Gasteiger partial charge is 0.188 e. The van der Waals surface area contributed by atoms with Crippen molar-refractivity contribution < 1.29 is 4.55 Å². The van der Waals surface area contributed by atoms with Gasteiger partial charge in [0.2, 0.25) is 0 Å². The van der Waals surface area contributed by atoms with Crippen LogP contribution < -0.4 is 0 Å². The molecular weight excluding hydrogens is 128 g/mol. The van der Waals surface area contributed by atoms with Crippen molar-refractivity contribution in [3.8, 4) is 0 Å². The molecule has 0 bridgehead atoms. The van der Waals surface area contributed by atoms with E-state index < -0.39 is 0 Å². The van der Waals surface area contributed by atoms with Crippen LogP contribution in [0.1, 0.15) is 0 Å². The standard InChI is InChI=1S/C4H9OS2/c5-7-3-1-6-2-4-7/h5H,1-4H2/q+1. The minimum Gasteiger partial charge on any atom is -0.188 e. The van der Waals surface area contributed by atoms with Crippen LogP contribution in [0.2, 0.25) is 0 Å². The Hall–Kier alpha value is 0.660. The third-order valence-electron chi connectivity index (χ3n) is 0.927. The molecule has 0 aliphatic carbocycles. The van der Waals surface area contributed by atoms with E-state index in [-0.39, 0.29) is 11.2 Å². The smallest absolute Gasteiger partial charge is 0.150 e. The zero-order chi connectivity index (χ0) is 5.11. The van der Waals surface area contributed by atoms with E-state index in [0.29, 0.717) is 0 Å². The van der Waals surface area contributed by atoms with Crippen LogP contribution in [0.5, 0.6) is 0 Å². The predicted molar refractivity (Wildman–Crippen MR) is 37.1 cm³/mol. The fraction of sp³-hybridized carbons (Fsp3) is 1.00. The summed E-state index contributed by atoms with van der Waals surface area (Å²) < 4.78 is 8.92. The average Bonchev–Trinajstić information content (AvgIpc) is 1.69. The second-order valence-corrected chi connectivity index (χ2v) is 4.45. The van der Waals surface area contributed by atoms with Gasteiger partial charge in [-0.15, -0.1) is 0 Å². The van der Waals surface area contributed by atoms with Gasteiger partial charge in [0.25, 0.3) is 0 Å². The molecule has 1 aliphatic heterocycles. The molecule has 1 nitrogen and oxygen atoms in total. The molecule has 1 N–H and O–H groups in total. The van der Waals surface area contributed by atoms with Gasteiger partial charge in [-0.3, -0.25) is 0 Å². The first-order valence-electron chi connectivity index (χ1n) is 2.34. The molecule has 1 saturated heterocycles. The summed E-state index contributed by atoms with van der Waals surface area (Å²) in [5.74, 6) is 4.40. The van der Waals surface area contributed by atoms with Gasteiger partial charge in [-0.1, -0.05) is 0 Å². The molecule has 0 aromatic rings. The van der Waals surface area contributed by atoms with Gasteiger partial charge < -0.3 is 0 Å². The van der Waals surface area contributed by atoms with E-state index in [1.807, 2.05) is 11.8 Å². The average molecular weight is 137 g/mol. The summed E-state index contributed by atoms with van der Waals surface area (Å²) in [6, 6.07) is 0. The molecule has 1 fully saturated rings. The first-order chi connectivity index (χ1) is 3.39. The zero-order valence-electron chi connectivity index (χ0n) is 4.09. The first-order valence-corrected chi connectivity index (χ1v) is 5.01. The summed E-state index contributed by atoms with van der Waals surface area (Å²) in [7, 11) is 0. The molecule has 0 aromatic heterocycles. The number of hydrogen-bond donors (Lipinski definition) is 1. The van der Waals surface area contributed by atoms with Crippen molar-refractivity contribution in [3.05, 3.63) is 0 Å². The zero-order valence-corrected chi connectivity index (χ0v) is 5.73. The monoisotopic (exact) mass is 137 g/mol. The van der Waals surface area contributed by atoms with Crippen molar-refractivity contribution in [3.63, 3.8) is 0 Å². The lowest BCUT2D eigenvalue weighted by molar-refractivity contribution is 0.640. The second kappa shape index (κ2) is 2.84. The lowest BCUT2D eigenvalue weighted by Crippen LogP contribution is -2.19. The van der Waals surface area contributed by atoms with Gasteiger partial charge >= 0.3 is 0 Å². The van der Waals surface area contributed by atoms with Crippen LogP contribution in [0.25, 0.3) is 0 Å². The third kappa shape index (κ3) is 1.93. The third-order valence-corrected chi connectivity index (χ3v) is 3.78. The van der Waals surface area contributed by atoms with E-state index in [9.17, 15) is 0 Å². The Morgan fingerprint density at radius 3 is 2.14 bits per heavy atom. The van der Waals surface area contributed by atoms with Gasteiger partial charge in [-0.25, -0.2) is 0 Å². The Morgan fingerprint density at radius 1 is 1.29 bits per heavy atom. The molecule has 42 valence electrons. The van der Waals surface area contributed by atoms with E-state index >= 15 is 0 Å². The molecule has 3 heteroatoms. The highest BCUT2D eigenvalue weighted by Crippen LogP contribution is 2.09. The maximum Gasteiger partial charge on any atom is 0.150 e. The summed E-state index contributed by atoms with van der Waals surface area (Å²) in [5.41, 5.74) is 0. The Balaban J connectivity index is 2.12. The molecule has 0 saturated carbocycles. The summed E-state index contributed by atoms with van der Waals surface area (Å²) in [6.07, 6.45) is 0. The van der Waals surface area contributed by atoms with Crippen LogP contribution >= 0.6 is 11.8 Å². The predicted octanol–water partition coefficient (Wildman–Crippen LogP) is 0.825. The highest BCUT2D eigenvalue weighted by molar-refractivity contribution is 8.03. The fourth-order valence-corrected chi connectivity index (χ4v) is 3.40. The maximum absolute atomic E-state index is 8.92. The van der Waals surface area contributed by atoms with Crippen molar-refractivity contribution in [2.75, 3.05) is 23.0 Å². The molecular formula is C4H9OS2+. The van der Waals surface area contributed by atoms with Crippen molar-refractivity contribution in [1.82, 2.24) is 0 Å². The molecule has 1 heterocycles. The normalized spacial score (nSPS) is 25.3. The molecule has 0 spiro atoms. The molecule has 0 aromatic carbocycles. The van der Waals surface area contributed by atoms with Gasteiger partial charge in [0.05, 0.1) is 0 Å². The summed E-state index contributed by atoms with van der Waals surface area (Å²) in [6.45, 7) is 0. The molecule has 1 rings (SSSR count). The van der Waals surface area contributed by atoms with Crippen LogP contribution in [-0.2, 0) is 11.2 Å². The van der Waals surface area contributed by atoms with Crippen molar-refractivity contribution in [2.24, 2.45) is 0 Å². The minimum absolute atomic E-state index is 0.211. The van der Waals surface area contributed by atoms with E-state index in [0.717, 1.165) is 11.5 Å². The van der Waals surface area contributed by atoms with Gasteiger partial charge in [0, 0.05) is 11.5 Å². The maximum atomic E-state index is 8.92. The van der Waals surface area contributed by atoms with E-state index in [4.69, 9.17) is 4.55 Å². The SMILES string of the molecule is O[S+]1CCSCC1. The molecule has 0 atom stereocenters.